The lowest BCUT2D eigenvalue weighted by Crippen LogP contribution is -2.58. The van der Waals surface area contributed by atoms with Gasteiger partial charge >= 0.3 is 5.97 Å². The zero-order valence-corrected chi connectivity index (χ0v) is 37.4. The number of aliphatic carboxylic acids is 1. The fourth-order valence-electron chi connectivity index (χ4n) is 7.99. The van der Waals surface area contributed by atoms with E-state index in [1.165, 1.54) is 21.7 Å². The molecule has 0 aromatic rings. The molecule has 3 rings (SSSR count). The van der Waals surface area contributed by atoms with E-state index in [0.29, 0.717) is 83.8 Å². The van der Waals surface area contributed by atoms with Crippen LogP contribution in [0.3, 0.4) is 0 Å². The van der Waals surface area contributed by atoms with Crippen molar-refractivity contribution in [1.29, 1.82) is 0 Å². The van der Waals surface area contributed by atoms with Gasteiger partial charge in [-0.15, -0.1) is 0 Å². The number of hydrogen-bond donors (Lipinski definition) is 8. The van der Waals surface area contributed by atoms with Crippen LogP contribution < -0.4 is 38.5 Å². The Hall–Kier alpha value is -5.10. The first kappa shape index (κ1) is 52.2. The van der Waals surface area contributed by atoms with Crippen LogP contribution in [-0.4, -0.2) is 182 Å². The number of aliphatic imine (C=N–C) groups is 1. The molecule has 23 nitrogen and oxygen atoms in total. The number of carboxylic acids is 1. The highest BCUT2D eigenvalue weighted by atomic mass is 32.2. The molecule has 3 heterocycles. The third-order valence-corrected chi connectivity index (χ3v) is 12.8. The van der Waals surface area contributed by atoms with E-state index in [1.807, 2.05) is 0 Å². The van der Waals surface area contributed by atoms with Gasteiger partial charge in [0.15, 0.2) is 5.96 Å². The van der Waals surface area contributed by atoms with Gasteiger partial charge in [0, 0.05) is 65.7 Å². The Labute approximate surface area is 369 Å². The Kier molecular flexibility index (Phi) is 21.5. The minimum absolute atomic E-state index is 0.0626. The number of carboxylic acid groups (broad SMARTS) is 1. The van der Waals surface area contributed by atoms with Gasteiger partial charge in [-0.3, -0.25) is 38.6 Å². The summed E-state index contributed by atoms with van der Waals surface area (Å²) in [6.45, 7) is 1.50. The van der Waals surface area contributed by atoms with Crippen LogP contribution in [0, 0.1) is 0 Å². The SMILES string of the molecule is CN(CCCC(=O)NCCCC[C@H](NC(=O)CCCNC(=O)[C@@H]1CCCN1C(=O)[C@@H]1CCCN1C(=O)[C@H](CCCN=C(N)N)NC(=O)C1CCCN1C(=O)CN)C(=O)O)S(C)(=O)=O. The van der Waals surface area contributed by atoms with Crippen molar-refractivity contribution in [2.24, 2.45) is 22.2 Å². The molecule has 356 valence electrons. The van der Waals surface area contributed by atoms with Crippen LogP contribution in [0.25, 0.3) is 0 Å². The second-order valence-electron chi connectivity index (χ2n) is 16.2. The minimum atomic E-state index is -3.32. The summed E-state index contributed by atoms with van der Waals surface area (Å²) in [5.41, 5.74) is 16.5. The molecule has 63 heavy (non-hydrogen) atoms. The summed E-state index contributed by atoms with van der Waals surface area (Å²) in [5, 5.41) is 20.5. The summed E-state index contributed by atoms with van der Waals surface area (Å²) >= 11 is 0. The first-order valence-electron chi connectivity index (χ1n) is 21.8. The standard InChI is InChI=1S/C39H68N12O11S/c1-48(63(2,61)62)21-10-17-31(52)43-18-4-3-11-27(38(59)60)46-32(53)16-6-19-44-34(55)28-13-8-23-50(28)37(58)30-15-9-24-51(30)36(57)26(12-5-20-45-39(41)42)47-35(56)29-14-7-22-49(29)33(54)25-40/h26-30H,3-25,40H2,1-2H3,(H,43,52)(H,44,55)(H,46,53)(H,47,56)(H,59,60)(H4,41,42,45)/t26-,27-,28-,29?,30-/m0/s1. The Morgan fingerprint density at radius 1 is 0.730 bits per heavy atom. The molecular weight excluding hydrogens is 845 g/mol. The van der Waals surface area contributed by atoms with Gasteiger partial charge < -0.3 is 58.3 Å². The van der Waals surface area contributed by atoms with E-state index in [9.17, 15) is 51.9 Å². The molecule has 3 aliphatic rings. The lowest BCUT2D eigenvalue weighted by molar-refractivity contribution is -0.148. The molecule has 5 atom stereocenters. The zero-order valence-electron chi connectivity index (χ0n) is 36.6. The Bertz CT molecular complexity index is 1760. The largest absolute Gasteiger partial charge is 0.480 e. The van der Waals surface area contributed by atoms with Gasteiger partial charge in [0.05, 0.1) is 12.8 Å². The Balaban J connectivity index is 1.47. The van der Waals surface area contributed by atoms with Crippen molar-refractivity contribution in [3.63, 3.8) is 0 Å². The monoisotopic (exact) mass is 912 g/mol. The summed E-state index contributed by atoms with van der Waals surface area (Å²) in [6.07, 6.45) is 6.11. The van der Waals surface area contributed by atoms with E-state index >= 15 is 0 Å². The number of carbonyl (C=O) groups is 8. The number of guanidine groups is 1. The molecule has 0 aromatic carbocycles. The van der Waals surface area contributed by atoms with Crippen LogP contribution in [0.4, 0.5) is 0 Å². The topological polar surface area (TPSA) is 342 Å². The van der Waals surface area contributed by atoms with E-state index in [0.717, 1.165) is 10.6 Å². The molecule has 0 aliphatic carbocycles. The first-order chi connectivity index (χ1) is 29.8. The van der Waals surface area contributed by atoms with Crippen LogP contribution in [0.2, 0.25) is 0 Å². The Morgan fingerprint density at radius 3 is 1.95 bits per heavy atom. The van der Waals surface area contributed by atoms with Gasteiger partial charge in [0.1, 0.15) is 30.2 Å². The van der Waals surface area contributed by atoms with Crippen molar-refractivity contribution in [2.75, 3.05) is 65.7 Å². The maximum absolute atomic E-state index is 14.1. The molecule has 0 aromatic heterocycles. The number of hydrogen-bond acceptors (Lipinski definition) is 12. The van der Waals surface area contributed by atoms with Crippen molar-refractivity contribution in [2.45, 2.75) is 127 Å². The van der Waals surface area contributed by atoms with Crippen LogP contribution in [0.15, 0.2) is 4.99 Å². The number of unbranched alkanes of at least 4 members (excludes halogenated alkanes) is 1. The molecule has 1 unspecified atom stereocenters. The smallest absolute Gasteiger partial charge is 0.326 e. The molecule has 11 N–H and O–H groups in total. The van der Waals surface area contributed by atoms with Gasteiger partial charge in [-0.25, -0.2) is 17.5 Å². The maximum Gasteiger partial charge on any atom is 0.326 e. The lowest BCUT2D eigenvalue weighted by atomic mass is 10.1. The molecule has 3 saturated heterocycles. The molecule has 0 radical (unpaired) electrons. The fraction of sp³-hybridized carbons (Fsp3) is 0.769. The summed E-state index contributed by atoms with van der Waals surface area (Å²) in [6, 6.07) is -4.61. The van der Waals surface area contributed by atoms with Crippen molar-refractivity contribution < 1.29 is 51.9 Å². The lowest BCUT2D eigenvalue weighted by Gasteiger charge is -2.33. The summed E-state index contributed by atoms with van der Waals surface area (Å²) < 4.78 is 24.1. The number of likely N-dealkylation sites (tertiary alicyclic amines) is 3. The van der Waals surface area contributed by atoms with Crippen LogP contribution in [0.5, 0.6) is 0 Å². The predicted molar refractivity (Wildman–Crippen MR) is 230 cm³/mol. The molecule has 7 amide bonds. The van der Waals surface area contributed by atoms with E-state index in [2.05, 4.69) is 26.3 Å². The number of amides is 7. The number of carbonyl (C=O) groups excluding carboxylic acids is 7. The van der Waals surface area contributed by atoms with Crippen molar-refractivity contribution in [3.05, 3.63) is 0 Å². The average Bonchev–Trinajstić information content (AvgIpc) is 4.03. The number of nitrogens with zero attached hydrogens (tertiary/aromatic N) is 5. The van der Waals surface area contributed by atoms with Crippen molar-refractivity contribution in [1.82, 2.24) is 40.3 Å². The molecule has 0 bridgehead atoms. The van der Waals surface area contributed by atoms with E-state index < -0.39 is 69.8 Å². The number of rotatable bonds is 26. The van der Waals surface area contributed by atoms with E-state index in [4.69, 9.17) is 17.2 Å². The van der Waals surface area contributed by atoms with Crippen molar-refractivity contribution in [3.8, 4) is 0 Å². The third-order valence-electron chi connectivity index (χ3n) is 11.5. The van der Waals surface area contributed by atoms with Gasteiger partial charge in [0.2, 0.25) is 51.4 Å². The minimum Gasteiger partial charge on any atom is -0.480 e. The number of sulfonamides is 1. The molecule has 0 saturated carbocycles. The second-order valence-corrected chi connectivity index (χ2v) is 18.3. The molecule has 0 spiro atoms. The van der Waals surface area contributed by atoms with Gasteiger partial charge in [-0.2, -0.15) is 0 Å². The molecule has 3 fully saturated rings. The van der Waals surface area contributed by atoms with Crippen LogP contribution in [-0.2, 0) is 48.4 Å². The maximum atomic E-state index is 14.1. The summed E-state index contributed by atoms with van der Waals surface area (Å²) in [7, 11) is -1.89. The highest BCUT2D eigenvalue weighted by Gasteiger charge is 2.44. The van der Waals surface area contributed by atoms with Gasteiger partial charge in [0.25, 0.3) is 0 Å². The highest BCUT2D eigenvalue weighted by Crippen LogP contribution is 2.26. The molecule has 3 aliphatic heterocycles. The number of nitrogens with two attached hydrogens (primary N) is 3. The first-order valence-corrected chi connectivity index (χ1v) is 23.6. The second kappa shape index (κ2) is 25.9. The van der Waals surface area contributed by atoms with Crippen LogP contribution >= 0.6 is 0 Å². The van der Waals surface area contributed by atoms with E-state index in [-0.39, 0.29) is 88.5 Å². The predicted octanol–water partition coefficient (Wildman–Crippen LogP) is -3.12. The fourth-order valence-corrected chi connectivity index (χ4v) is 8.45. The average molecular weight is 913 g/mol. The van der Waals surface area contributed by atoms with E-state index in [1.54, 1.807) is 0 Å². The van der Waals surface area contributed by atoms with Gasteiger partial charge in [-0.1, -0.05) is 0 Å². The van der Waals surface area contributed by atoms with Crippen molar-refractivity contribution >= 4 is 63.3 Å². The van der Waals surface area contributed by atoms with Gasteiger partial charge in [-0.05, 0) is 83.5 Å². The normalized spacial score (nSPS) is 19.6. The zero-order chi connectivity index (χ0) is 46.7. The Morgan fingerprint density at radius 2 is 1.32 bits per heavy atom. The summed E-state index contributed by atoms with van der Waals surface area (Å²) in [5.74, 6) is -4.19. The quantitative estimate of drug-likeness (QED) is 0.0242. The number of nitrogens with one attached hydrogen (secondary N) is 4. The molecule has 24 heteroatoms. The summed E-state index contributed by atoms with van der Waals surface area (Å²) in [4.78, 5) is 112. The highest BCUT2D eigenvalue weighted by molar-refractivity contribution is 7.88. The third kappa shape index (κ3) is 16.8. The molecular formula is C39H68N12O11S. The van der Waals surface area contributed by atoms with Crippen LogP contribution in [0.1, 0.15) is 96.3 Å².